The van der Waals surface area contributed by atoms with Gasteiger partial charge in [0.1, 0.15) is 0 Å². The number of hydrogen-bond acceptors (Lipinski definition) is 2. The number of amides is 1. The molecule has 1 N–H and O–H groups in total. The molecule has 21 heavy (non-hydrogen) atoms. The van der Waals surface area contributed by atoms with E-state index < -0.39 is 0 Å². The van der Waals surface area contributed by atoms with Crippen LogP contribution in [0.15, 0.2) is 24.5 Å². The largest absolute Gasteiger partial charge is 0.345 e. The van der Waals surface area contributed by atoms with Crippen LogP contribution < -0.4 is 0 Å². The second-order valence-corrected chi connectivity index (χ2v) is 6.48. The Morgan fingerprint density at radius 2 is 2.05 bits per heavy atom. The van der Waals surface area contributed by atoms with Crippen LogP contribution in [0, 0.1) is 11.8 Å². The van der Waals surface area contributed by atoms with Crippen molar-refractivity contribution < 1.29 is 4.79 Å². The summed E-state index contributed by atoms with van der Waals surface area (Å²) in [5.74, 6) is 1.76. The van der Waals surface area contributed by atoms with Gasteiger partial charge in [-0.15, -0.1) is 0 Å². The molecule has 1 amide bonds. The lowest BCUT2D eigenvalue weighted by Gasteiger charge is -2.41. The fourth-order valence-corrected chi connectivity index (χ4v) is 4.04. The van der Waals surface area contributed by atoms with Gasteiger partial charge in [-0.25, -0.2) is 4.98 Å². The van der Waals surface area contributed by atoms with E-state index in [1.165, 1.54) is 32.1 Å². The van der Waals surface area contributed by atoms with Crippen molar-refractivity contribution in [2.24, 2.45) is 11.8 Å². The van der Waals surface area contributed by atoms with Crippen LogP contribution in [0.2, 0.25) is 0 Å². The number of aromatic nitrogens is 2. The van der Waals surface area contributed by atoms with E-state index in [-0.39, 0.29) is 5.91 Å². The summed E-state index contributed by atoms with van der Waals surface area (Å²) in [5.41, 5.74) is 2.63. The molecule has 110 valence electrons. The molecule has 4 nitrogen and oxygen atoms in total. The zero-order chi connectivity index (χ0) is 14.2. The zero-order valence-corrected chi connectivity index (χ0v) is 12.2. The van der Waals surface area contributed by atoms with Crippen molar-refractivity contribution in [3.63, 3.8) is 0 Å². The molecule has 2 unspecified atom stereocenters. The molecule has 4 rings (SSSR count). The number of benzene rings is 1. The molecule has 2 heterocycles. The fourth-order valence-electron chi connectivity index (χ4n) is 4.04. The molecule has 2 atom stereocenters. The van der Waals surface area contributed by atoms with Crippen LogP contribution in [0.3, 0.4) is 0 Å². The molecule has 1 aromatic heterocycles. The summed E-state index contributed by atoms with van der Waals surface area (Å²) in [6, 6.07) is 5.75. The number of rotatable bonds is 1. The molecule has 0 bridgehead atoms. The Labute approximate surface area is 124 Å². The Hall–Kier alpha value is -1.84. The molecule has 1 aliphatic heterocycles. The van der Waals surface area contributed by atoms with Crippen LogP contribution in [-0.4, -0.2) is 33.9 Å². The van der Waals surface area contributed by atoms with Gasteiger partial charge in [0, 0.05) is 18.7 Å². The van der Waals surface area contributed by atoms with Gasteiger partial charge >= 0.3 is 0 Å². The first kappa shape index (κ1) is 12.9. The highest BCUT2D eigenvalue weighted by atomic mass is 16.2. The third-order valence-corrected chi connectivity index (χ3v) is 5.25. The summed E-state index contributed by atoms with van der Waals surface area (Å²) < 4.78 is 0. The van der Waals surface area contributed by atoms with Crippen LogP contribution in [0.4, 0.5) is 0 Å². The van der Waals surface area contributed by atoms with Gasteiger partial charge < -0.3 is 9.88 Å². The third kappa shape index (κ3) is 2.33. The van der Waals surface area contributed by atoms with E-state index in [0.717, 1.165) is 41.5 Å². The molecule has 2 aliphatic rings. The molecule has 1 aromatic carbocycles. The number of likely N-dealkylation sites (tertiary alicyclic amines) is 1. The highest BCUT2D eigenvalue weighted by Gasteiger charge is 2.33. The number of carbonyl (C=O) groups is 1. The predicted octanol–water partition coefficient (Wildman–Crippen LogP) is 3.22. The Morgan fingerprint density at radius 3 is 2.95 bits per heavy atom. The number of aromatic amines is 1. The van der Waals surface area contributed by atoms with E-state index in [0.29, 0.717) is 0 Å². The number of fused-ring (bicyclic) bond motifs is 2. The Bertz CT molecular complexity index is 663. The van der Waals surface area contributed by atoms with Gasteiger partial charge in [-0.05, 0) is 42.9 Å². The molecular weight excluding hydrogens is 262 g/mol. The van der Waals surface area contributed by atoms with Gasteiger partial charge in [0.15, 0.2) is 0 Å². The van der Waals surface area contributed by atoms with Crippen molar-refractivity contribution in [2.75, 3.05) is 13.1 Å². The van der Waals surface area contributed by atoms with E-state index in [2.05, 4.69) is 14.9 Å². The minimum atomic E-state index is 0.176. The molecule has 2 fully saturated rings. The van der Waals surface area contributed by atoms with Crippen LogP contribution in [-0.2, 0) is 0 Å². The average molecular weight is 283 g/mol. The number of piperidine rings is 1. The molecular formula is C17H21N3O. The lowest BCUT2D eigenvalue weighted by atomic mass is 9.75. The number of imidazole rings is 1. The third-order valence-electron chi connectivity index (χ3n) is 5.25. The lowest BCUT2D eigenvalue weighted by molar-refractivity contribution is 0.0521. The van der Waals surface area contributed by atoms with Gasteiger partial charge in [-0.3, -0.25) is 4.79 Å². The smallest absolute Gasteiger partial charge is 0.253 e. The summed E-state index contributed by atoms with van der Waals surface area (Å²) in [6.07, 6.45) is 8.24. The minimum absolute atomic E-state index is 0.176. The first-order valence-electron chi connectivity index (χ1n) is 8.04. The van der Waals surface area contributed by atoms with Crippen molar-refractivity contribution in [1.82, 2.24) is 14.9 Å². The van der Waals surface area contributed by atoms with Gasteiger partial charge in [-0.2, -0.15) is 0 Å². The fraction of sp³-hybridized carbons (Fsp3) is 0.529. The van der Waals surface area contributed by atoms with Gasteiger partial charge in [0.05, 0.1) is 17.4 Å². The van der Waals surface area contributed by atoms with Gasteiger partial charge in [-0.1, -0.05) is 19.3 Å². The Balaban J connectivity index is 1.53. The summed E-state index contributed by atoms with van der Waals surface area (Å²) in [6.45, 7) is 1.87. The van der Waals surface area contributed by atoms with Gasteiger partial charge in [0.25, 0.3) is 5.91 Å². The minimum Gasteiger partial charge on any atom is -0.345 e. The first-order chi connectivity index (χ1) is 10.3. The number of carbonyl (C=O) groups excluding carboxylic acids is 1. The second-order valence-electron chi connectivity index (χ2n) is 6.48. The number of nitrogens with one attached hydrogen (secondary N) is 1. The molecule has 1 saturated heterocycles. The summed E-state index contributed by atoms with van der Waals surface area (Å²) >= 11 is 0. The Morgan fingerprint density at radius 1 is 1.19 bits per heavy atom. The zero-order valence-electron chi connectivity index (χ0n) is 12.2. The standard InChI is InChI=1S/C17H21N3O/c21-17(13-5-6-15-16(9-13)19-11-18-15)20-8-7-12-3-1-2-4-14(12)10-20/h5-6,9,11-12,14H,1-4,7-8,10H2,(H,18,19). The summed E-state index contributed by atoms with van der Waals surface area (Å²) in [7, 11) is 0. The molecule has 1 aliphatic carbocycles. The highest BCUT2D eigenvalue weighted by Crippen LogP contribution is 2.36. The Kier molecular flexibility index (Phi) is 3.17. The van der Waals surface area contributed by atoms with Crippen molar-refractivity contribution in [3.05, 3.63) is 30.1 Å². The molecule has 2 aromatic rings. The van der Waals surface area contributed by atoms with Crippen LogP contribution in [0.1, 0.15) is 42.5 Å². The molecule has 4 heteroatoms. The maximum Gasteiger partial charge on any atom is 0.253 e. The second kappa shape index (κ2) is 5.17. The highest BCUT2D eigenvalue weighted by molar-refractivity contribution is 5.97. The summed E-state index contributed by atoms with van der Waals surface area (Å²) in [4.78, 5) is 22.1. The molecule has 1 saturated carbocycles. The quantitative estimate of drug-likeness (QED) is 0.873. The van der Waals surface area contributed by atoms with E-state index in [4.69, 9.17) is 0 Å². The maximum atomic E-state index is 12.7. The summed E-state index contributed by atoms with van der Waals surface area (Å²) in [5, 5.41) is 0. The van der Waals surface area contributed by atoms with Crippen LogP contribution in [0.25, 0.3) is 11.0 Å². The van der Waals surface area contributed by atoms with Crippen LogP contribution in [0.5, 0.6) is 0 Å². The van der Waals surface area contributed by atoms with Crippen molar-refractivity contribution >= 4 is 16.9 Å². The average Bonchev–Trinajstić information content (AvgIpc) is 3.01. The molecule has 0 spiro atoms. The van der Waals surface area contributed by atoms with E-state index >= 15 is 0 Å². The number of hydrogen-bond donors (Lipinski definition) is 1. The van der Waals surface area contributed by atoms with E-state index in [9.17, 15) is 4.79 Å². The van der Waals surface area contributed by atoms with Crippen molar-refractivity contribution in [2.45, 2.75) is 32.1 Å². The van der Waals surface area contributed by atoms with Gasteiger partial charge in [0.2, 0.25) is 0 Å². The van der Waals surface area contributed by atoms with Crippen molar-refractivity contribution in [3.8, 4) is 0 Å². The normalized spacial score (nSPS) is 25.8. The lowest BCUT2D eigenvalue weighted by Crippen LogP contribution is -2.44. The van der Waals surface area contributed by atoms with E-state index in [1.54, 1.807) is 6.33 Å². The maximum absolute atomic E-state index is 12.7. The van der Waals surface area contributed by atoms with Crippen molar-refractivity contribution in [1.29, 1.82) is 0 Å². The van der Waals surface area contributed by atoms with Crippen LogP contribution >= 0.6 is 0 Å². The van der Waals surface area contributed by atoms with E-state index in [1.807, 2.05) is 18.2 Å². The SMILES string of the molecule is O=C(c1ccc2nc[nH]c2c1)N1CCC2CCCCC2C1. The predicted molar refractivity (Wildman–Crippen MR) is 82.1 cm³/mol. The molecule has 0 radical (unpaired) electrons. The first-order valence-corrected chi connectivity index (χ1v) is 8.04. The number of nitrogens with zero attached hydrogens (tertiary/aromatic N) is 2. The number of H-pyrrole nitrogens is 1. The topological polar surface area (TPSA) is 49.0 Å². The monoisotopic (exact) mass is 283 g/mol.